The predicted molar refractivity (Wildman–Crippen MR) is 94.3 cm³/mol. The van der Waals surface area contributed by atoms with Gasteiger partial charge in [-0.3, -0.25) is 0 Å². The van der Waals surface area contributed by atoms with Crippen LogP contribution < -0.4 is 0 Å². The van der Waals surface area contributed by atoms with Gasteiger partial charge in [-0.05, 0) is 84.2 Å². The Kier molecular flexibility index (Phi) is 7.65. The van der Waals surface area contributed by atoms with Gasteiger partial charge in [0.2, 0.25) is 0 Å². The van der Waals surface area contributed by atoms with Crippen molar-refractivity contribution >= 4 is 25.9 Å². The van der Waals surface area contributed by atoms with Crippen LogP contribution in [-0.2, 0) is 8.23 Å². The van der Waals surface area contributed by atoms with Crippen LogP contribution in [-0.4, -0.2) is 50.5 Å². The van der Waals surface area contributed by atoms with Gasteiger partial charge in [0, 0.05) is 0 Å². The smallest absolute Gasteiger partial charge is 0.362 e. The second-order valence-electron chi connectivity index (χ2n) is 7.81. The highest BCUT2D eigenvalue weighted by molar-refractivity contribution is 6.81. The highest BCUT2D eigenvalue weighted by Gasteiger charge is 2.29. The number of rotatable bonds is 8. The molecule has 3 nitrogen and oxygen atoms in total. The number of nitrogens with zero attached hydrogens (tertiary/aromatic N) is 1. The summed E-state index contributed by atoms with van der Waals surface area (Å²) >= 11 is 0. The lowest BCUT2D eigenvalue weighted by Gasteiger charge is -2.31. The van der Waals surface area contributed by atoms with Gasteiger partial charge in [0.1, 0.15) is 0 Å². The third kappa shape index (κ3) is 9.46. The van der Waals surface area contributed by atoms with Crippen molar-refractivity contribution in [1.29, 1.82) is 0 Å². The molecule has 20 heavy (non-hydrogen) atoms. The van der Waals surface area contributed by atoms with Gasteiger partial charge in [-0.2, -0.15) is 0 Å². The molecule has 0 unspecified atom stereocenters. The molecule has 0 aromatic heterocycles. The molecule has 0 atom stereocenters. The molecule has 1 fully saturated rings. The van der Waals surface area contributed by atoms with Crippen LogP contribution in [0.5, 0.6) is 0 Å². The van der Waals surface area contributed by atoms with Gasteiger partial charge in [0.05, 0.1) is 0 Å². The molecule has 1 saturated heterocycles. The summed E-state index contributed by atoms with van der Waals surface area (Å²) in [4.78, 5) is 2.62. The SMILES string of the molecule is C[Si](C)(C)O[Si](CCCN1CCCCC1)O[Si](C)(C)C. The first-order chi connectivity index (χ1) is 9.16. The minimum absolute atomic E-state index is 1.06. The summed E-state index contributed by atoms with van der Waals surface area (Å²) in [6, 6.07) is 1.15. The van der Waals surface area contributed by atoms with Crippen LogP contribution in [0, 0.1) is 0 Å². The van der Waals surface area contributed by atoms with Gasteiger partial charge in [-0.25, -0.2) is 0 Å². The largest absolute Gasteiger partial charge is 0.436 e. The summed E-state index contributed by atoms with van der Waals surface area (Å²) < 4.78 is 12.7. The molecule has 0 aromatic carbocycles. The van der Waals surface area contributed by atoms with Crippen LogP contribution in [0.25, 0.3) is 0 Å². The third-order valence-electron chi connectivity index (χ3n) is 3.14. The summed E-state index contributed by atoms with van der Waals surface area (Å²) in [5, 5.41) is 0. The molecule has 1 rings (SSSR count). The fraction of sp³-hybridized carbons (Fsp3) is 1.00. The van der Waals surface area contributed by atoms with Gasteiger partial charge < -0.3 is 13.1 Å². The number of likely N-dealkylation sites (tertiary alicyclic amines) is 1. The van der Waals surface area contributed by atoms with Crippen molar-refractivity contribution in [2.45, 2.75) is 71.0 Å². The van der Waals surface area contributed by atoms with E-state index in [0.717, 1.165) is 6.04 Å². The van der Waals surface area contributed by atoms with Crippen molar-refractivity contribution in [3.63, 3.8) is 0 Å². The zero-order valence-electron chi connectivity index (χ0n) is 14.4. The van der Waals surface area contributed by atoms with Crippen LogP contribution >= 0.6 is 0 Å². The average molecular weight is 333 g/mol. The van der Waals surface area contributed by atoms with E-state index in [1.165, 1.54) is 45.3 Å². The molecule has 119 valence electrons. The Hall–Kier alpha value is 0.531. The van der Waals surface area contributed by atoms with Crippen molar-refractivity contribution in [1.82, 2.24) is 4.90 Å². The van der Waals surface area contributed by atoms with Crippen LogP contribution in [0.15, 0.2) is 0 Å². The van der Waals surface area contributed by atoms with E-state index in [1.807, 2.05) is 0 Å². The highest BCUT2D eigenvalue weighted by atomic mass is 28.4. The molecule has 0 spiro atoms. The number of piperidine rings is 1. The Bertz CT molecular complexity index is 255. The Balaban J connectivity index is 2.35. The number of hydrogen-bond acceptors (Lipinski definition) is 3. The average Bonchev–Trinajstić information content (AvgIpc) is 2.25. The van der Waals surface area contributed by atoms with Gasteiger partial charge in [-0.15, -0.1) is 0 Å². The molecule has 1 radical (unpaired) electrons. The van der Waals surface area contributed by atoms with Crippen LogP contribution in [0.2, 0.25) is 45.3 Å². The van der Waals surface area contributed by atoms with Gasteiger partial charge in [0.25, 0.3) is 0 Å². The van der Waals surface area contributed by atoms with E-state index in [2.05, 4.69) is 44.2 Å². The lowest BCUT2D eigenvalue weighted by atomic mass is 10.1. The fourth-order valence-electron chi connectivity index (χ4n) is 2.44. The maximum absolute atomic E-state index is 6.34. The van der Waals surface area contributed by atoms with Crippen molar-refractivity contribution < 1.29 is 8.23 Å². The molecule has 0 aromatic rings. The molecule has 1 heterocycles. The maximum Gasteiger partial charge on any atom is 0.362 e. The lowest BCUT2D eigenvalue weighted by molar-refractivity contribution is 0.227. The van der Waals surface area contributed by atoms with E-state index in [1.54, 1.807) is 0 Å². The Labute approximate surface area is 130 Å². The minimum Gasteiger partial charge on any atom is -0.436 e. The zero-order valence-corrected chi connectivity index (χ0v) is 17.4. The molecule has 0 N–H and O–H groups in total. The molecular formula is C14H34NO2Si3. The zero-order chi connectivity index (χ0) is 15.2. The summed E-state index contributed by atoms with van der Waals surface area (Å²) in [5.74, 6) is 0. The molecule has 0 aliphatic carbocycles. The second kappa shape index (κ2) is 8.24. The standard InChI is InChI=1S/C14H34NO2Si3/c1-19(2,3)16-18(17-20(4,5)6)14-10-13-15-11-8-7-9-12-15/h7-14H2,1-6H3. The quantitative estimate of drug-likeness (QED) is 0.626. The topological polar surface area (TPSA) is 21.7 Å². The van der Waals surface area contributed by atoms with E-state index in [0.29, 0.717) is 0 Å². The predicted octanol–water partition coefficient (Wildman–Crippen LogP) is 4.05. The van der Waals surface area contributed by atoms with Crippen molar-refractivity contribution in [2.75, 3.05) is 19.6 Å². The lowest BCUT2D eigenvalue weighted by Crippen LogP contribution is -2.43. The molecule has 6 heteroatoms. The van der Waals surface area contributed by atoms with Crippen molar-refractivity contribution in [3.05, 3.63) is 0 Å². The van der Waals surface area contributed by atoms with Gasteiger partial charge in [-0.1, -0.05) is 6.42 Å². The highest BCUT2D eigenvalue weighted by Crippen LogP contribution is 2.17. The van der Waals surface area contributed by atoms with Gasteiger partial charge >= 0.3 is 9.28 Å². The normalized spacial score (nSPS) is 18.8. The number of hydrogen-bond donors (Lipinski definition) is 0. The second-order valence-corrected chi connectivity index (χ2v) is 19.1. The van der Waals surface area contributed by atoms with E-state index in [-0.39, 0.29) is 0 Å². The molecule has 0 amide bonds. The monoisotopic (exact) mass is 332 g/mol. The van der Waals surface area contributed by atoms with Crippen molar-refractivity contribution in [3.8, 4) is 0 Å². The van der Waals surface area contributed by atoms with E-state index >= 15 is 0 Å². The fourth-order valence-corrected chi connectivity index (χ4v) is 9.70. The molecule has 0 saturated carbocycles. The summed E-state index contributed by atoms with van der Waals surface area (Å²) in [6.07, 6.45) is 5.43. The Morgan fingerprint density at radius 1 is 0.850 bits per heavy atom. The van der Waals surface area contributed by atoms with Gasteiger partial charge in [0.15, 0.2) is 16.6 Å². The van der Waals surface area contributed by atoms with E-state index in [9.17, 15) is 0 Å². The van der Waals surface area contributed by atoms with Crippen molar-refractivity contribution in [2.24, 2.45) is 0 Å². The molecule has 0 bridgehead atoms. The van der Waals surface area contributed by atoms with Crippen LogP contribution in [0.3, 0.4) is 0 Å². The van der Waals surface area contributed by atoms with Crippen LogP contribution in [0.1, 0.15) is 25.7 Å². The first-order valence-electron chi connectivity index (χ1n) is 8.12. The van der Waals surface area contributed by atoms with E-state index < -0.39 is 25.9 Å². The Morgan fingerprint density at radius 2 is 1.35 bits per heavy atom. The molecule has 1 aliphatic heterocycles. The summed E-state index contributed by atoms with van der Waals surface area (Å²) in [5.41, 5.74) is 0. The Morgan fingerprint density at radius 3 is 1.80 bits per heavy atom. The summed E-state index contributed by atoms with van der Waals surface area (Å²) in [7, 11) is -4.02. The maximum atomic E-state index is 6.34. The summed E-state index contributed by atoms with van der Waals surface area (Å²) in [6.45, 7) is 17.5. The first kappa shape index (κ1) is 18.6. The molecular weight excluding hydrogens is 298 g/mol. The first-order valence-corrected chi connectivity index (χ1v) is 16.5. The van der Waals surface area contributed by atoms with Crippen LogP contribution in [0.4, 0.5) is 0 Å². The third-order valence-corrected chi connectivity index (χ3v) is 10.6. The molecule has 1 aliphatic rings. The van der Waals surface area contributed by atoms with E-state index in [4.69, 9.17) is 8.23 Å². The minimum atomic E-state index is -1.48.